The number of nitrogens with one attached hydrogen (secondary N) is 1. The molecule has 1 aromatic carbocycles. The number of aromatic nitrogens is 1. The van der Waals surface area contributed by atoms with Crippen LogP contribution in [-0.4, -0.2) is 12.0 Å². The van der Waals surface area contributed by atoms with Crippen molar-refractivity contribution in [2.45, 2.75) is 38.1 Å². The van der Waals surface area contributed by atoms with E-state index in [9.17, 15) is 0 Å². The van der Waals surface area contributed by atoms with Crippen molar-refractivity contribution in [3.05, 3.63) is 65.0 Å². The number of likely N-dealkylation sites (N-methyl/N-ethyl adjacent to an activating group) is 1. The summed E-state index contributed by atoms with van der Waals surface area (Å²) in [5, 5.41) is 3.54. The molecule has 104 valence electrons. The van der Waals surface area contributed by atoms with Gasteiger partial charge in [-0.25, -0.2) is 0 Å². The molecule has 0 aliphatic heterocycles. The van der Waals surface area contributed by atoms with Gasteiger partial charge in [-0.1, -0.05) is 37.3 Å². The minimum absolute atomic E-state index is 0.363. The molecule has 1 aliphatic rings. The first kappa shape index (κ1) is 13.3. The molecule has 0 spiro atoms. The van der Waals surface area contributed by atoms with Crippen molar-refractivity contribution < 1.29 is 0 Å². The summed E-state index contributed by atoms with van der Waals surface area (Å²) in [6.45, 7) is 2.23. The maximum Gasteiger partial charge on any atom is 0.0485 e. The molecule has 0 fully saturated rings. The lowest BCUT2D eigenvalue weighted by molar-refractivity contribution is 0.467. The van der Waals surface area contributed by atoms with Crippen LogP contribution in [0.5, 0.6) is 0 Å². The number of aryl methyl sites for hydroxylation is 2. The first-order valence-corrected chi connectivity index (χ1v) is 7.54. The van der Waals surface area contributed by atoms with E-state index in [4.69, 9.17) is 0 Å². The fourth-order valence-corrected chi connectivity index (χ4v) is 3.50. The maximum absolute atomic E-state index is 4.65. The Morgan fingerprint density at radius 1 is 1.25 bits per heavy atom. The highest BCUT2D eigenvalue weighted by Crippen LogP contribution is 2.41. The molecule has 1 aromatic heterocycles. The molecule has 0 amide bonds. The van der Waals surface area contributed by atoms with Crippen LogP contribution in [0.4, 0.5) is 0 Å². The summed E-state index contributed by atoms with van der Waals surface area (Å²) in [7, 11) is 2.07. The zero-order valence-electron chi connectivity index (χ0n) is 12.3. The summed E-state index contributed by atoms with van der Waals surface area (Å²) in [5.41, 5.74) is 5.58. The molecule has 3 rings (SSSR count). The molecule has 0 bridgehead atoms. The van der Waals surface area contributed by atoms with Crippen molar-refractivity contribution in [1.82, 2.24) is 10.3 Å². The summed E-state index contributed by atoms with van der Waals surface area (Å²) >= 11 is 0. The first-order chi connectivity index (χ1) is 9.85. The van der Waals surface area contributed by atoms with Gasteiger partial charge >= 0.3 is 0 Å². The van der Waals surface area contributed by atoms with Gasteiger partial charge < -0.3 is 5.32 Å². The van der Waals surface area contributed by atoms with Gasteiger partial charge in [-0.05, 0) is 49.1 Å². The minimum atomic E-state index is 0.363. The topological polar surface area (TPSA) is 24.9 Å². The van der Waals surface area contributed by atoms with E-state index in [2.05, 4.69) is 60.7 Å². The first-order valence-electron chi connectivity index (χ1n) is 7.54. The molecule has 1 aliphatic carbocycles. The molecule has 2 heteroatoms. The number of rotatable bonds is 4. The van der Waals surface area contributed by atoms with Gasteiger partial charge in [0.1, 0.15) is 0 Å². The molecule has 20 heavy (non-hydrogen) atoms. The normalized spacial score (nSPS) is 18.8. The smallest absolute Gasteiger partial charge is 0.0485 e. The number of nitrogens with zero attached hydrogens (tertiary/aromatic N) is 1. The van der Waals surface area contributed by atoms with Gasteiger partial charge in [0.15, 0.2) is 0 Å². The lowest BCUT2D eigenvalue weighted by Gasteiger charge is -2.26. The van der Waals surface area contributed by atoms with Crippen molar-refractivity contribution in [1.29, 1.82) is 0 Å². The van der Waals surface area contributed by atoms with Gasteiger partial charge in [-0.2, -0.15) is 0 Å². The van der Waals surface area contributed by atoms with E-state index in [0.29, 0.717) is 12.0 Å². The molecule has 2 aromatic rings. The number of pyridine rings is 1. The fraction of sp³-hybridized carbons (Fsp3) is 0.389. The summed E-state index contributed by atoms with van der Waals surface area (Å²) in [5.74, 6) is 0.490. The third-order valence-corrected chi connectivity index (χ3v) is 4.49. The van der Waals surface area contributed by atoms with E-state index in [-0.39, 0.29) is 0 Å². The largest absolute Gasteiger partial charge is 0.312 e. The zero-order valence-corrected chi connectivity index (χ0v) is 12.3. The Hall–Kier alpha value is -1.67. The Balaban J connectivity index is 1.99. The van der Waals surface area contributed by atoms with Crippen LogP contribution in [0.25, 0.3) is 0 Å². The lowest BCUT2D eigenvalue weighted by atomic mass is 9.87. The molecular formula is C18H22N2. The molecule has 2 atom stereocenters. The predicted molar refractivity (Wildman–Crippen MR) is 82.9 cm³/mol. The van der Waals surface area contributed by atoms with E-state index in [1.807, 2.05) is 6.20 Å². The molecule has 1 N–H and O–H groups in total. The summed E-state index contributed by atoms with van der Waals surface area (Å²) in [6.07, 6.45) is 5.35. The van der Waals surface area contributed by atoms with Crippen LogP contribution >= 0.6 is 0 Å². The van der Waals surface area contributed by atoms with Crippen LogP contribution in [0, 0.1) is 0 Å². The number of hydrogen-bond acceptors (Lipinski definition) is 2. The van der Waals surface area contributed by atoms with Gasteiger partial charge in [0.2, 0.25) is 0 Å². The average molecular weight is 266 g/mol. The Labute approximate surface area is 121 Å². The van der Waals surface area contributed by atoms with Crippen molar-refractivity contribution in [2.24, 2.45) is 0 Å². The minimum Gasteiger partial charge on any atom is -0.312 e. The highest BCUT2D eigenvalue weighted by atomic mass is 14.9. The van der Waals surface area contributed by atoms with E-state index < -0.39 is 0 Å². The SMILES string of the molecule is CCc1ccccc1C(NC)C1CCc2cccnc21. The summed E-state index contributed by atoms with van der Waals surface area (Å²) in [6, 6.07) is 13.4. The molecule has 0 saturated carbocycles. The highest BCUT2D eigenvalue weighted by molar-refractivity contribution is 5.37. The Morgan fingerprint density at radius 2 is 2.10 bits per heavy atom. The number of fused-ring (bicyclic) bond motifs is 1. The predicted octanol–water partition coefficient (Wildman–Crippen LogP) is 3.63. The third kappa shape index (κ3) is 2.25. The van der Waals surface area contributed by atoms with Crippen LogP contribution in [0.3, 0.4) is 0 Å². The van der Waals surface area contributed by atoms with Gasteiger partial charge in [0.05, 0.1) is 0 Å². The fourth-order valence-electron chi connectivity index (χ4n) is 3.50. The molecule has 1 heterocycles. The van der Waals surface area contributed by atoms with E-state index >= 15 is 0 Å². The van der Waals surface area contributed by atoms with Crippen LogP contribution < -0.4 is 5.32 Å². The molecule has 2 unspecified atom stereocenters. The Morgan fingerprint density at radius 3 is 2.90 bits per heavy atom. The lowest BCUT2D eigenvalue weighted by Crippen LogP contribution is -2.24. The second-order valence-electron chi connectivity index (χ2n) is 5.51. The van der Waals surface area contributed by atoms with Crippen molar-refractivity contribution in [3.8, 4) is 0 Å². The van der Waals surface area contributed by atoms with Crippen LogP contribution in [0.2, 0.25) is 0 Å². The average Bonchev–Trinajstić information content (AvgIpc) is 2.93. The third-order valence-electron chi connectivity index (χ3n) is 4.49. The second-order valence-corrected chi connectivity index (χ2v) is 5.51. The van der Waals surface area contributed by atoms with E-state index in [1.54, 1.807) is 0 Å². The number of hydrogen-bond donors (Lipinski definition) is 1. The molecular weight excluding hydrogens is 244 g/mol. The summed E-state index contributed by atoms with van der Waals surface area (Å²) < 4.78 is 0. The number of benzene rings is 1. The van der Waals surface area contributed by atoms with E-state index in [1.165, 1.54) is 28.8 Å². The zero-order chi connectivity index (χ0) is 13.9. The molecule has 0 radical (unpaired) electrons. The van der Waals surface area contributed by atoms with Crippen LogP contribution in [0.15, 0.2) is 42.6 Å². The van der Waals surface area contributed by atoms with Gasteiger partial charge in [0, 0.05) is 23.9 Å². The highest BCUT2D eigenvalue weighted by Gasteiger charge is 2.31. The monoisotopic (exact) mass is 266 g/mol. The van der Waals surface area contributed by atoms with Gasteiger partial charge in [0.25, 0.3) is 0 Å². The van der Waals surface area contributed by atoms with Gasteiger partial charge in [-0.15, -0.1) is 0 Å². The molecule has 0 saturated heterocycles. The van der Waals surface area contributed by atoms with Crippen molar-refractivity contribution >= 4 is 0 Å². The van der Waals surface area contributed by atoms with Crippen LogP contribution in [-0.2, 0) is 12.8 Å². The second kappa shape index (κ2) is 5.76. The standard InChI is InChI=1S/C18H22N2/c1-3-13-7-4-5-9-15(13)18(19-2)16-11-10-14-8-6-12-20-17(14)16/h4-9,12,16,18-19H,3,10-11H2,1-2H3. The van der Waals surface area contributed by atoms with E-state index in [0.717, 1.165) is 12.8 Å². The Bertz CT molecular complexity index is 591. The van der Waals surface area contributed by atoms with Crippen molar-refractivity contribution in [2.75, 3.05) is 7.05 Å². The van der Waals surface area contributed by atoms with Gasteiger partial charge in [-0.3, -0.25) is 4.98 Å². The van der Waals surface area contributed by atoms with Crippen LogP contribution in [0.1, 0.15) is 47.7 Å². The quantitative estimate of drug-likeness (QED) is 0.914. The van der Waals surface area contributed by atoms with Crippen molar-refractivity contribution in [3.63, 3.8) is 0 Å². The molecule has 2 nitrogen and oxygen atoms in total. The Kier molecular flexibility index (Phi) is 3.83. The summed E-state index contributed by atoms with van der Waals surface area (Å²) in [4.78, 5) is 4.65. The maximum atomic E-state index is 4.65.